The summed E-state index contributed by atoms with van der Waals surface area (Å²) in [6.45, 7) is 3.01. The summed E-state index contributed by atoms with van der Waals surface area (Å²) in [5.74, 6) is 0. The minimum Gasteiger partial charge on any atom is -0.309 e. The van der Waals surface area contributed by atoms with Gasteiger partial charge in [0.25, 0.3) is 5.56 Å². The van der Waals surface area contributed by atoms with Crippen molar-refractivity contribution in [3.05, 3.63) is 34.2 Å². The molecular weight excluding hydrogens is 207 g/mol. The Morgan fingerprint density at radius 2 is 2.25 bits per heavy atom. The van der Waals surface area contributed by atoms with Gasteiger partial charge in [0, 0.05) is 24.8 Å². The highest BCUT2D eigenvalue weighted by Crippen LogP contribution is 2.23. The lowest BCUT2D eigenvalue weighted by atomic mass is 10.0. The van der Waals surface area contributed by atoms with Crippen LogP contribution in [-0.4, -0.2) is 35.8 Å². The number of halogens is 1. The number of nitrogens with zero attached hydrogens (tertiary/aromatic N) is 2. The molecule has 1 aromatic heterocycles. The summed E-state index contributed by atoms with van der Waals surface area (Å²) in [4.78, 5) is 13.8. The lowest BCUT2D eigenvalue weighted by molar-refractivity contribution is 0.105. The Labute approximate surface area is 94.5 Å². The third kappa shape index (κ3) is 2.02. The zero-order valence-corrected chi connectivity index (χ0v) is 9.69. The molecule has 88 valence electrons. The molecule has 1 saturated heterocycles. The smallest absolute Gasteiger partial charge is 0.253 e. The molecule has 0 aliphatic carbocycles. The fourth-order valence-corrected chi connectivity index (χ4v) is 2.24. The van der Waals surface area contributed by atoms with Crippen LogP contribution >= 0.6 is 0 Å². The Balaban J connectivity index is 2.31. The van der Waals surface area contributed by atoms with Gasteiger partial charge in [-0.15, -0.1) is 0 Å². The minimum absolute atomic E-state index is 0.0697. The highest BCUT2D eigenvalue weighted by atomic mass is 19.1. The van der Waals surface area contributed by atoms with Crippen LogP contribution in [0.1, 0.15) is 18.0 Å². The molecule has 3 nitrogen and oxygen atoms in total. The first-order chi connectivity index (χ1) is 7.59. The molecule has 0 bridgehead atoms. The number of hydrogen-bond acceptors (Lipinski definition) is 2. The topological polar surface area (TPSA) is 25.2 Å². The van der Waals surface area contributed by atoms with Crippen LogP contribution in [0.2, 0.25) is 0 Å². The number of aryl methyl sites for hydroxylation is 1. The summed E-state index contributed by atoms with van der Waals surface area (Å²) in [5, 5.41) is 0. The van der Waals surface area contributed by atoms with E-state index in [2.05, 4.69) is 0 Å². The molecule has 2 atom stereocenters. The summed E-state index contributed by atoms with van der Waals surface area (Å²) >= 11 is 0. The van der Waals surface area contributed by atoms with Gasteiger partial charge in [-0.05, 0) is 26.5 Å². The first-order valence-corrected chi connectivity index (χ1v) is 5.60. The molecule has 0 N–H and O–H groups in total. The fourth-order valence-electron chi connectivity index (χ4n) is 2.24. The lowest BCUT2D eigenvalue weighted by Crippen LogP contribution is -2.43. The summed E-state index contributed by atoms with van der Waals surface area (Å²) in [6, 6.07) is 3.27. The van der Waals surface area contributed by atoms with Crippen molar-refractivity contribution in [3.8, 4) is 0 Å². The molecule has 2 rings (SSSR count). The Bertz CT molecular complexity index is 429. The van der Waals surface area contributed by atoms with E-state index in [4.69, 9.17) is 0 Å². The van der Waals surface area contributed by atoms with E-state index in [1.807, 2.05) is 18.0 Å². The van der Waals surface area contributed by atoms with Crippen LogP contribution in [0, 0.1) is 6.92 Å². The van der Waals surface area contributed by atoms with E-state index >= 15 is 0 Å². The van der Waals surface area contributed by atoms with Crippen molar-refractivity contribution in [1.29, 1.82) is 0 Å². The SMILES string of the molecule is Cc1cccn(C2CCN(C)C[C@H]2F)c1=O. The van der Waals surface area contributed by atoms with Crippen molar-refractivity contribution in [3.63, 3.8) is 0 Å². The first-order valence-electron chi connectivity index (χ1n) is 5.60. The van der Waals surface area contributed by atoms with E-state index in [9.17, 15) is 9.18 Å². The maximum atomic E-state index is 13.9. The number of likely N-dealkylation sites (tertiary alicyclic amines) is 1. The molecule has 2 heterocycles. The van der Waals surface area contributed by atoms with E-state index in [0.717, 1.165) is 6.54 Å². The molecule has 1 aliphatic rings. The van der Waals surface area contributed by atoms with E-state index in [1.165, 1.54) is 0 Å². The Morgan fingerprint density at radius 1 is 1.50 bits per heavy atom. The number of piperidine rings is 1. The van der Waals surface area contributed by atoms with Gasteiger partial charge in [-0.1, -0.05) is 6.07 Å². The lowest BCUT2D eigenvalue weighted by Gasteiger charge is -2.33. The molecular formula is C12H17FN2O. The molecule has 0 radical (unpaired) electrons. The second-order valence-corrected chi connectivity index (χ2v) is 4.54. The third-order valence-electron chi connectivity index (χ3n) is 3.23. The van der Waals surface area contributed by atoms with Crippen LogP contribution in [0.4, 0.5) is 4.39 Å². The van der Waals surface area contributed by atoms with Crippen molar-refractivity contribution in [2.75, 3.05) is 20.1 Å². The third-order valence-corrected chi connectivity index (χ3v) is 3.23. The van der Waals surface area contributed by atoms with E-state index in [1.54, 1.807) is 23.8 Å². The van der Waals surface area contributed by atoms with Crippen molar-refractivity contribution < 1.29 is 4.39 Å². The maximum Gasteiger partial charge on any atom is 0.253 e. The molecule has 0 aromatic carbocycles. The van der Waals surface area contributed by atoms with Crippen molar-refractivity contribution >= 4 is 0 Å². The van der Waals surface area contributed by atoms with Crippen LogP contribution in [0.15, 0.2) is 23.1 Å². The number of pyridine rings is 1. The predicted molar refractivity (Wildman–Crippen MR) is 61.5 cm³/mol. The van der Waals surface area contributed by atoms with Gasteiger partial charge in [-0.2, -0.15) is 0 Å². The summed E-state index contributed by atoms with van der Waals surface area (Å²) in [5.41, 5.74) is 0.605. The van der Waals surface area contributed by atoms with Crippen LogP contribution in [-0.2, 0) is 0 Å². The summed E-state index contributed by atoms with van der Waals surface area (Å²) in [6.07, 6.45) is 1.43. The van der Waals surface area contributed by atoms with Gasteiger partial charge in [0.1, 0.15) is 6.17 Å². The van der Waals surface area contributed by atoms with Gasteiger partial charge in [-0.3, -0.25) is 4.79 Å². The van der Waals surface area contributed by atoms with Crippen molar-refractivity contribution in [2.24, 2.45) is 0 Å². The van der Waals surface area contributed by atoms with Gasteiger partial charge in [-0.25, -0.2) is 4.39 Å². The van der Waals surface area contributed by atoms with E-state index in [0.29, 0.717) is 18.5 Å². The predicted octanol–water partition coefficient (Wildman–Crippen LogP) is 1.37. The molecule has 1 aliphatic heterocycles. The van der Waals surface area contributed by atoms with Crippen LogP contribution in [0.5, 0.6) is 0 Å². The molecule has 1 unspecified atom stereocenters. The number of alkyl halides is 1. The second kappa shape index (κ2) is 4.37. The molecule has 1 aromatic rings. The number of aromatic nitrogens is 1. The average molecular weight is 224 g/mol. The molecule has 0 spiro atoms. The van der Waals surface area contributed by atoms with Gasteiger partial charge in [0.05, 0.1) is 6.04 Å². The average Bonchev–Trinajstić information content (AvgIpc) is 2.23. The van der Waals surface area contributed by atoms with E-state index in [-0.39, 0.29) is 11.6 Å². The number of hydrogen-bond donors (Lipinski definition) is 0. The van der Waals surface area contributed by atoms with Gasteiger partial charge < -0.3 is 9.47 Å². The normalized spacial score (nSPS) is 26.9. The monoisotopic (exact) mass is 224 g/mol. The zero-order chi connectivity index (χ0) is 11.7. The molecule has 0 saturated carbocycles. The molecule has 1 fully saturated rings. The van der Waals surface area contributed by atoms with Crippen LogP contribution < -0.4 is 5.56 Å². The highest BCUT2D eigenvalue weighted by Gasteiger charge is 2.29. The minimum atomic E-state index is -0.960. The largest absolute Gasteiger partial charge is 0.309 e. The summed E-state index contributed by atoms with van der Waals surface area (Å²) in [7, 11) is 1.90. The zero-order valence-electron chi connectivity index (χ0n) is 9.69. The number of rotatable bonds is 1. The van der Waals surface area contributed by atoms with Gasteiger partial charge >= 0.3 is 0 Å². The van der Waals surface area contributed by atoms with Crippen molar-refractivity contribution in [2.45, 2.75) is 25.6 Å². The Morgan fingerprint density at radius 3 is 2.94 bits per heavy atom. The molecule has 4 heteroatoms. The van der Waals surface area contributed by atoms with Crippen LogP contribution in [0.25, 0.3) is 0 Å². The first kappa shape index (κ1) is 11.3. The molecule has 0 amide bonds. The van der Waals surface area contributed by atoms with Crippen molar-refractivity contribution in [1.82, 2.24) is 9.47 Å². The quantitative estimate of drug-likeness (QED) is 0.720. The van der Waals surface area contributed by atoms with Gasteiger partial charge in [0.2, 0.25) is 0 Å². The second-order valence-electron chi connectivity index (χ2n) is 4.54. The standard InChI is InChI=1S/C12H17FN2O/c1-9-4-3-6-15(12(9)16)11-5-7-14(2)8-10(11)13/h3-4,6,10-11H,5,7-8H2,1-2H3/t10-,11?/m1/s1. The summed E-state index contributed by atoms with van der Waals surface area (Å²) < 4.78 is 15.4. The fraction of sp³-hybridized carbons (Fsp3) is 0.583. The van der Waals surface area contributed by atoms with E-state index < -0.39 is 6.17 Å². The molecule has 16 heavy (non-hydrogen) atoms. The Hall–Kier alpha value is -1.16. The maximum absolute atomic E-state index is 13.9. The van der Waals surface area contributed by atoms with Gasteiger partial charge in [0.15, 0.2) is 0 Å². The Kier molecular flexibility index (Phi) is 3.10. The van der Waals surface area contributed by atoms with Crippen LogP contribution in [0.3, 0.4) is 0 Å². The highest BCUT2D eigenvalue weighted by molar-refractivity contribution is 5.09.